The van der Waals surface area contributed by atoms with Crippen molar-refractivity contribution in [2.75, 3.05) is 12.5 Å². The highest BCUT2D eigenvalue weighted by molar-refractivity contribution is 6.26. The van der Waals surface area contributed by atoms with Crippen molar-refractivity contribution in [1.82, 2.24) is 0 Å². The lowest BCUT2D eigenvalue weighted by Gasteiger charge is -1.97. The van der Waals surface area contributed by atoms with Gasteiger partial charge in [-0.05, 0) is 12.8 Å². The summed E-state index contributed by atoms with van der Waals surface area (Å²) in [6.45, 7) is 2.49. The zero-order valence-corrected chi connectivity index (χ0v) is 7.43. The van der Waals surface area contributed by atoms with Crippen LogP contribution in [0.15, 0.2) is 12.2 Å². The molecule has 0 rings (SSSR count). The number of carbonyl (C=O) groups excluding carboxylic acids is 1. The summed E-state index contributed by atoms with van der Waals surface area (Å²) >= 11 is 5.20. The number of hydrogen-bond donors (Lipinski definition) is 0. The molecule has 3 heteroatoms. The molecule has 0 fully saturated rings. The molecule has 0 aliphatic carbocycles. The van der Waals surface area contributed by atoms with Crippen LogP contribution in [0.3, 0.4) is 0 Å². The standard InChI is InChI=1S/C8H13ClO2/c1-2-3-4-5-6-11-8(10)7-9/h3-4H,2,5-7H2,1H3/b4-3+. The van der Waals surface area contributed by atoms with Crippen LogP contribution in [0.4, 0.5) is 0 Å². The van der Waals surface area contributed by atoms with Crippen molar-refractivity contribution in [3.8, 4) is 0 Å². The lowest BCUT2D eigenvalue weighted by molar-refractivity contribution is -0.140. The molecule has 0 bridgehead atoms. The Kier molecular flexibility index (Phi) is 7.26. The molecule has 11 heavy (non-hydrogen) atoms. The van der Waals surface area contributed by atoms with E-state index in [2.05, 4.69) is 6.92 Å². The van der Waals surface area contributed by atoms with Gasteiger partial charge in [-0.15, -0.1) is 11.6 Å². The first-order valence-corrected chi connectivity index (χ1v) is 4.21. The molecule has 0 saturated heterocycles. The van der Waals surface area contributed by atoms with E-state index in [1.807, 2.05) is 12.2 Å². The molecule has 2 nitrogen and oxygen atoms in total. The molecule has 0 aromatic rings. The first-order chi connectivity index (χ1) is 5.31. The highest BCUT2D eigenvalue weighted by atomic mass is 35.5. The van der Waals surface area contributed by atoms with Gasteiger partial charge in [-0.3, -0.25) is 4.79 Å². The van der Waals surface area contributed by atoms with Gasteiger partial charge in [0.1, 0.15) is 5.88 Å². The van der Waals surface area contributed by atoms with Gasteiger partial charge in [0, 0.05) is 0 Å². The second-order valence-corrected chi connectivity index (χ2v) is 2.29. The SMILES string of the molecule is CC/C=C/CCOC(=O)CCl. The van der Waals surface area contributed by atoms with E-state index in [9.17, 15) is 4.79 Å². The monoisotopic (exact) mass is 176 g/mol. The lowest BCUT2D eigenvalue weighted by Crippen LogP contribution is -2.05. The maximum absolute atomic E-state index is 10.5. The van der Waals surface area contributed by atoms with Crippen LogP contribution in [-0.4, -0.2) is 18.5 Å². The summed E-state index contributed by atoms with van der Waals surface area (Å²) in [4.78, 5) is 10.5. The molecule has 0 N–H and O–H groups in total. The minimum Gasteiger partial charge on any atom is -0.464 e. The number of ether oxygens (including phenoxy) is 1. The molecule has 0 saturated carbocycles. The third-order valence-electron chi connectivity index (χ3n) is 1.06. The maximum atomic E-state index is 10.5. The molecule has 0 atom stereocenters. The predicted molar refractivity (Wildman–Crippen MR) is 45.7 cm³/mol. The van der Waals surface area contributed by atoms with E-state index in [0.717, 1.165) is 12.8 Å². The zero-order valence-electron chi connectivity index (χ0n) is 6.68. The van der Waals surface area contributed by atoms with Crippen LogP contribution in [0.2, 0.25) is 0 Å². The summed E-state index contributed by atoms with van der Waals surface area (Å²) in [5.41, 5.74) is 0. The lowest BCUT2D eigenvalue weighted by atomic mass is 10.3. The molecule has 0 aromatic heterocycles. The molecule has 0 aliphatic rings. The molecular formula is C8H13ClO2. The topological polar surface area (TPSA) is 26.3 Å². The first kappa shape index (κ1) is 10.5. The highest BCUT2D eigenvalue weighted by Crippen LogP contribution is 1.89. The predicted octanol–water partition coefficient (Wildman–Crippen LogP) is 2.12. The van der Waals surface area contributed by atoms with Crippen LogP contribution in [0.5, 0.6) is 0 Å². The first-order valence-electron chi connectivity index (χ1n) is 3.67. The third-order valence-corrected chi connectivity index (χ3v) is 1.28. The van der Waals surface area contributed by atoms with Crippen LogP contribution < -0.4 is 0 Å². The second-order valence-electron chi connectivity index (χ2n) is 2.02. The Labute approximate surface area is 72.2 Å². The van der Waals surface area contributed by atoms with Crippen molar-refractivity contribution in [2.24, 2.45) is 0 Å². The molecular weight excluding hydrogens is 164 g/mol. The van der Waals surface area contributed by atoms with Crippen LogP contribution in [0, 0.1) is 0 Å². The third kappa shape index (κ3) is 7.40. The van der Waals surface area contributed by atoms with Crippen LogP contribution in [0.25, 0.3) is 0 Å². The van der Waals surface area contributed by atoms with Gasteiger partial charge in [0.25, 0.3) is 0 Å². The number of rotatable bonds is 5. The van der Waals surface area contributed by atoms with E-state index in [1.54, 1.807) is 0 Å². The minimum atomic E-state index is -0.350. The smallest absolute Gasteiger partial charge is 0.320 e. The average molecular weight is 177 g/mol. The Morgan fingerprint density at radius 1 is 1.55 bits per heavy atom. The van der Waals surface area contributed by atoms with Gasteiger partial charge >= 0.3 is 5.97 Å². The summed E-state index contributed by atoms with van der Waals surface area (Å²) in [7, 11) is 0. The van der Waals surface area contributed by atoms with Crippen molar-refractivity contribution in [2.45, 2.75) is 19.8 Å². The summed E-state index contributed by atoms with van der Waals surface area (Å²) in [5.74, 6) is -0.408. The van der Waals surface area contributed by atoms with Crippen molar-refractivity contribution in [1.29, 1.82) is 0 Å². The average Bonchev–Trinajstić information content (AvgIpc) is 2.04. The van der Waals surface area contributed by atoms with E-state index in [4.69, 9.17) is 16.3 Å². The number of esters is 1. The van der Waals surface area contributed by atoms with Gasteiger partial charge in [-0.2, -0.15) is 0 Å². The van der Waals surface area contributed by atoms with E-state index in [0.29, 0.717) is 6.61 Å². The van der Waals surface area contributed by atoms with Gasteiger partial charge in [0.2, 0.25) is 0 Å². The molecule has 0 aliphatic heterocycles. The van der Waals surface area contributed by atoms with Gasteiger partial charge in [-0.25, -0.2) is 0 Å². The number of alkyl halides is 1. The van der Waals surface area contributed by atoms with Crippen molar-refractivity contribution in [3.05, 3.63) is 12.2 Å². The molecule has 0 amide bonds. The summed E-state index contributed by atoms with van der Waals surface area (Å²) in [6.07, 6.45) is 5.82. The Bertz CT molecular complexity index is 132. The summed E-state index contributed by atoms with van der Waals surface area (Å²) in [5, 5.41) is 0. The molecule has 0 aromatic carbocycles. The van der Waals surface area contributed by atoms with Gasteiger partial charge in [-0.1, -0.05) is 19.1 Å². The van der Waals surface area contributed by atoms with Gasteiger partial charge in [0.15, 0.2) is 0 Å². The Balaban J connectivity index is 3.14. The van der Waals surface area contributed by atoms with E-state index >= 15 is 0 Å². The van der Waals surface area contributed by atoms with Gasteiger partial charge in [0.05, 0.1) is 6.61 Å². The van der Waals surface area contributed by atoms with E-state index in [1.165, 1.54) is 0 Å². The number of allylic oxidation sites excluding steroid dienone is 1. The zero-order chi connectivity index (χ0) is 8.53. The molecule has 0 spiro atoms. The van der Waals surface area contributed by atoms with Crippen molar-refractivity contribution in [3.63, 3.8) is 0 Å². The fourth-order valence-corrected chi connectivity index (χ4v) is 0.641. The Morgan fingerprint density at radius 3 is 2.82 bits per heavy atom. The van der Waals surface area contributed by atoms with E-state index < -0.39 is 0 Å². The molecule has 0 radical (unpaired) electrons. The Hall–Kier alpha value is -0.500. The fourth-order valence-electron chi connectivity index (χ4n) is 0.564. The van der Waals surface area contributed by atoms with Crippen LogP contribution >= 0.6 is 11.6 Å². The normalized spacial score (nSPS) is 10.4. The summed E-state index contributed by atoms with van der Waals surface area (Å²) in [6, 6.07) is 0. The molecule has 0 unspecified atom stereocenters. The van der Waals surface area contributed by atoms with Crippen molar-refractivity contribution >= 4 is 17.6 Å². The maximum Gasteiger partial charge on any atom is 0.320 e. The second kappa shape index (κ2) is 7.61. The minimum absolute atomic E-state index is 0.0580. The quantitative estimate of drug-likeness (QED) is 0.278. The largest absolute Gasteiger partial charge is 0.464 e. The van der Waals surface area contributed by atoms with Crippen LogP contribution in [0.1, 0.15) is 19.8 Å². The number of carbonyl (C=O) groups is 1. The Morgan fingerprint density at radius 2 is 2.27 bits per heavy atom. The highest BCUT2D eigenvalue weighted by Gasteiger charge is 1.95. The fraction of sp³-hybridized carbons (Fsp3) is 0.625. The number of halogens is 1. The summed E-state index contributed by atoms with van der Waals surface area (Å²) < 4.78 is 4.72. The molecule has 0 heterocycles. The molecule has 64 valence electrons. The van der Waals surface area contributed by atoms with Crippen molar-refractivity contribution < 1.29 is 9.53 Å². The van der Waals surface area contributed by atoms with E-state index in [-0.39, 0.29) is 11.8 Å². The number of hydrogen-bond acceptors (Lipinski definition) is 2. The van der Waals surface area contributed by atoms with Crippen LogP contribution in [-0.2, 0) is 9.53 Å². The van der Waals surface area contributed by atoms with Gasteiger partial charge < -0.3 is 4.74 Å².